The van der Waals surface area contributed by atoms with E-state index in [1.165, 1.54) is 10.5 Å². The summed E-state index contributed by atoms with van der Waals surface area (Å²) in [5.41, 5.74) is 2.56. The van der Waals surface area contributed by atoms with Crippen LogP contribution in [0.15, 0.2) is 83.4 Å². The van der Waals surface area contributed by atoms with Gasteiger partial charge in [0.1, 0.15) is 0 Å². The molecule has 0 bridgehead atoms. The van der Waals surface area contributed by atoms with Crippen LogP contribution >= 0.6 is 11.8 Å². The molecule has 2 unspecified atom stereocenters. The van der Waals surface area contributed by atoms with E-state index in [-0.39, 0.29) is 0 Å². The molecular formula is C24H35NS. The van der Waals surface area contributed by atoms with Gasteiger partial charge in [-0.25, -0.2) is 0 Å². The minimum atomic E-state index is 0.345. The van der Waals surface area contributed by atoms with Crippen LogP contribution < -0.4 is 0 Å². The SMILES string of the molecule is C=C(/C=C\C)C(C)/C=C\C1=C(/CN(C)C/C=C\C)SC(C)/C=C\C=C/C1. The minimum absolute atomic E-state index is 0.345. The lowest BCUT2D eigenvalue weighted by atomic mass is 10.00. The Hall–Kier alpha value is -1.51. The zero-order valence-electron chi connectivity index (χ0n) is 17.1. The fourth-order valence-electron chi connectivity index (χ4n) is 2.59. The molecule has 0 aromatic rings. The molecule has 2 heteroatoms. The van der Waals surface area contributed by atoms with Crippen LogP contribution in [0.25, 0.3) is 0 Å². The monoisotopic (exact) mass is 369 g/mol. The van der Waals surface area contributed by atoms with Crippen molar-refractivity contribution in [1.29, 1.82) is 0 Å². The van der Waals surface area contributed by atoms with Crippen molar-refractivity contribution in [3.8, 4) is 0 Å². The predicted octanol–water partition coefficient (Wildman–Crippen LogP) is 6.71. The Kier molecular flexibility index (Phi) is 11.1. The maximum atomic E-state index is 4.17. The zero-order chi connectivity index (χ0) is 19.4. The van der Waals surface area contributed by atoms with Gasteiger partial charge in [0, 0.05) is 23.2 Å². The van der Waals surface area contributed by atoms with Gasteiger partial charge in [-0.3, -0.25) is 4.90 Å². The Bertz CT molecular complexity index is 616. The summed E-state index contributed by atoms with van der Waals surface area (Å²) in [7, 11) is 2.19. The lowest BCUT2D eigenvalue weighted by Gasteiger charge is -2.21. The molecule has 1 aliphatic heterocycles. The molecule has 26 heavy (non-hydrogen) atoms. The number of likely N-dealkylation sites (N-methyl/N-ethyl adjacent to an activating group) is 1. The third kappa shape index (κ3) is 8.73. The molecule has 0 saturated heterocycles. The van der Waals surface area contributed by atoms with Gasteiger partial charge in [-0.2, -0.15) is 0 Å². The fourth-order valence-corrected chi connectivity index (χ4v) is 3.81. The summed E-state index contributed by atoms with van der Waals surface area (Å²) in [5, 5.41) is 0.474. The molecule has 1 aliphatic rings. The number of hydrogen-bond acceptors (Lipinski definition) is 2. The van der Waals surface area contributed by atoms with E-state index >= 15 is 0 Å². The molecule has 1 rings (SSSR count). The molecule has 0 fully saturated rings. The first-order chi connectivity index (χ1) is 12.5. The van der Waals surface area contributed by atoms with Crippen molar-refractivity contribution >= 4 is 11.8 Å². The molecule has 2 atom stereocenters. The van der Waals surface area contributed by atoms with Crippen LogP contribution in [0.1, 0.15) is 34.1 Å². The maximum absolute atomic E-state index is 4.17. The summed E-state index contributed by atoms with van der Waals surface area (Å²) >= 11 is 1.97. The molecule has 1 nitrogen and oxygen atoms in total. The maximum Gasteiger partial charge on any atom is 0.0296 e. The van der Waals surface area contributed by atoms with Gasteiger partial charge in [-0.1, -0.05) is 74.3 Å². The molecule has 0 radical (unpaired) electrons. The fraction of sp³-hybridized carbons (Fsp3) is 0.417. The highest BCUT2D eigenvalue weighted by Gasteiger charge is 2.12. The smallest absolute Gasteiger partial charge is 0.0296 e. The minimum Gasteiger partial charge on any atom is -0.298 e. The molecule has 1 heterocycles. The summed E-state index contributed by atoms with van der Waals surface area (Å²) in [5.74, 6) is 0.345. The highest BCUT2D eigenvalue weighted by Crippen LogP contribution is 2.30. The standard InChI is InChI=1S/C24H35NS/c1-7-9-18-25(6)19-24-23(15-12-10-11-14-22(5)26-24)17-16-21(4)20(3)13-8-2/h7-14,16-17,21-22H,3,15,18-19H2,1-2,4-6H3/b9-7-,12-10-,13-8-,14-11-,17-16-,24-23+. The van der Waals surface area contributed by atoms with Crippen LogP contribution in [0.5, 0.6) is 0 Å². The lowest BCUT2D eigenvalue weighted by Crippen LogP contribution is -2.21. The van der Waals surface area contributed by atoms with Gasteiger partial charge in [0.25, 0.3) is 0 Å². The van der Waals surface area contributed by atoms with E-state index in [4.69, 9.17) is 0 Å². The number of nitrogens with zero attached hydrogens (tertiary/aromatic N) is 1. The van der Waals surface area contributed by atoms with E-state index in [0.717, 1.165) is 25.1 Å². The number of rotatable bonds is 8. The molecule has 0 aliphatic carbocycles. The van der Waals surface area contributed by atoms with Crippen LogP contribution in [0, 0.1) is 5.92 Å². The van der Waals surface area contributed by atoms with Crippen molar-refractivity contribution in [1.82, 2.24) is 4.90 Å². The summed E-state index contributed by atoms with van der Waals surface area (Å²) in [6.45, 7) is 14.7. The van der Waals surface area contributed by atoms with E-state index in [1.807, 2.05) is 18.7 Å². The second-order valence-electron chi connectivity index (χ2n) is 6.78. The van der Waals surface area contributed by atoms with E-state index in [1.54, 1.807) is 0 Å². The average molecular weight is 370 g/mol. The number of hydrogen-bond donors (Lipinski definition) is 0. The van der Waals surface area contributed by atoms with E-state index in [2.05, 4.69) is 100 Å². The van der Waals surface area contributed by atoms with Crippen molar-refractivity contribution in [2.24, 2.45) is 5.92 Å². The van der Waals surface area contributed by atoms with Crippen LogP contribution in [0.3, 0.4) is 0 Å². The lowest BCUT2D eigenvalue weighted by molar-refractivity contribution is 0.409. The highest BCUT2D eigenvalue weighted by molar-refractivity contribution is 8.03. The van der Waals surface area contributed by atoms with Gasteiger partial charge in [-0.05, 0) is 51.3 Å². The predicted molar refractivity (Wildman–Crippen MR) is 122 cm³/mol. The summed E-state index contributed by atoms with van der Waals surface area (Å²) in [4.78, 5) is 3.83. The van der Waals surface area contributed by atoms with Crippen molar-refractivity contribution in [2.45, 2.75) is 39.4 Å². The molecule has 0 saturated carbocycles. The first-order valence-electron chi connectivity index (χ1n) is 9.49. The molecule has 0 aromatic heterocycles. The van der Waals surface area contributed by atoms with Crippen LogP contribution in [-0.2, 0) is 0 Å². The molecule has 0 N–H and O–H groups in total. The van der Waals surface area contributed by atoms with E-state index in [0.29, 0.717) is 11.2 Å². The Morgan fingerprint density at radius 2 is 2.12 bits per heavy atom. The normalized spacial score (nSPS) is 25.5. The van der Waals surface area contributed by atoms with Crippen molar-refractivity contribution in [2.75, 3.05) is 20.1 Å². The molecule has 0 spiro atoms. The number of thioether (sulfide) groups is 1. The molecular weight excluding hydrogens is 334 g/mol. The Labute approximate surface area is 165 Å². The van der Waals surface area contributed by atoms with Crippen LogP contribution in [0.2, 0.25) is 0 Å². The number of allylic oxidation sites excluding steroid dienone is 10. The second kappa shape index (κ2) is 12.8. The van der Waals surface area contributed by atoms with Gasteiger partial charge in [0.2, 0.25) is 0 Å². The van der Waals surface area contributed by atoms with Gasteiger partial charge < -0.3 is 0 Å². The van der Waals surface area contributed by atoms with Crippen LogP contribution in [0.4, 0.5) is 0 Å². The molecule has 142 valence electrons. The summed E-state index contributed by atoms with van der Waals surface area (Å²) in [6.07, 6.45) is 22.9. The topological polar surface area (TPSA) is 3.24 Å². The first kappa shape index (κ1) is 22.5. The van der Waals surface area contributed by atoms with Gasteiger partial charge >= 0.3 is 0 Å². The van der Waals surface area contributed by atoms with E-state index in [9.17, 15) is 0 Å². The quantitative estimate of drug-likeness (QED) is 0.345. The highest BCUT2D eigenvalue weighted by atomic mass is 32.2. The summed E-state index contributed by atoms with van der Waals surface area (Å²) in [6, 6.07) is 0. The molecule has 0 aromatic carbocycles. The average Bonchev–Trinajstić information content (AvgIpc) is 2.69. The van der Waals surface area contributed by atoms with Gasteiger partial charge in [0.15, 0.2) is 0 Å². The van der Waals surface area contributed by atoms with Gasteiger partial charge in [0.05, 0.1) is 0 Å². The zero-order valence-corrected chi connectivity index (χ0v) is 17.9. The van der Waals surface area contributed by atoms with Crippen molar-refractivity contribution < 1.29 is 0 Å². The Balaban J connectivity index is 3.08. The third-order valence-electron chi connectivity index (χ3n) is 4.27. The Morgan fingerprint density at radius 1 is 1.35 bits per heavy atom. The Morgan fingerprint density at radius 3 is 2.81 bits per heavy atom. The largest absolute Gasteiger partial charge is 0.298 e. The van der Waals surface area contributed by atoms with E-state index < -0.39 is 0 Å². The summed E-state index contributed by atoms with van der Waals surface area (Å²) < 4.78 is 0. The second-order valence-corrected chi connectivity index (χ2v) is 8.25. The van der Waals surface area contributed by atoms with Crippen LogP contribution in [-0.4, -0.2) is 30.3 Å². The van der Waals surface area contributed by atoms with Gasteiger partial charge in [-0.15, -0.1) is 11.8 Å². The van der Waals surface area contributed by atoms with Crippen molar-refractivity contribution in [3.05, 3.63) is 83.4 Å². The van der Waals surface area contributed by atoms with Crippen molar-refractivity contribution in [3.63, 3.8) is 0 Å². The third-order valence-corrected chi connectivity index (χ3v) is 5.48. The first-order valence-corrected chi connectivity index (χ1v) is 10.4. The molecule has 0 amide bonds.